The number of benzene rings is 1. The van der Waals surface area contributed by atoms with Crippen LogP contribution < -0.4 is 5.73 Å². The molecule has 15 heavy (non-hydrogen) atoms. The van der Waals surface area contributed by atoms with Crippen molar-refractivity contribution >= 4 is 11.8 Å². The second-order valence-corrected chi connectivity index (χ2v) is 4.74. The van der Waals surface area contributed by atoms with Gasteiger partial charge >= 0.3 is 0 Å². The largest absolute Gasteiger partial charge is 0.326 e. The molecule has 0 aliphatic carbocycles. The van der Waals surface area contributed by atoms with Gasteiger partial charge in [0.15, 0.2) is 0 Å². The minimum absolute atomic E-state index is 0.627. The third-order valence-corrected chi connectivity index (χ3v) is 2.95. The van der Waals surface area contributed by atoms with Crippen molar-refractivity contribution in [3.8, 4) is 0 Å². The average Bonchev–Trinajstić information content (AvgIpc) is 2.26. The van der Waals surface area contributed by atoms with E-state index in [1.807, 2.05) is 11.8 Å². The Hall–Kier alpha value is -0.510. The van der Waals surface area contributed by atoms with E-state index in [-0.39, 0.29) is 0 Å². The molecule has 0 aliphatic rings. The molecule has 0 aromatic heterocycles. The van der Waals surface area contributed by atoms with Gasteiger partial charge in [-0.1, -0.05) is 24.3 Å². The van der Waals surface area contributed by atoms with Crippen LogP contribution in [0.25, 0.3) is 0 Å². The van der Waals surface area contributed by atoms with Crippen LogP contribution in [0, 0.1) is 0 Å². The molecule has 0 amide bonds. The fraction of sp³-hybridized carbons (Fsp3) is 0.500. The molecule has 3 heteroatoms. The van der Waals surface area contributed by atoms with E-state index in [1.165, 1.54) is 16.9 Å². The van der Waals surface area contributed by atoms with E-state index in [2.05, 4.69) is 42.5 Å². The van der Waals surface area contributed by atoms with Gasteiger partial charge in [0.1, 0.15) is 0 Å². The fourth-order valence-electron chi connectivity index (χ4n) is 1.49. The van der Waals surface area contributed by atoms with Crippen LogP contribution in [-0.2, 0) is 13.1 Å². The van der Waals surface area contributed by atoms with Crippen LogP contribution in [0.4, 0.5) is 0 Å². The molecule has 1 rings (SSSR count). The highest BCUT2D eigenvalue weighted by Crippen LogP contribution is 2.07. The molecule has 0 atom stereocenters. The molecular weight excluding hydrogens is 204 g/mol. The number of hydrogen-bond acceptors (Lipinski definition) is 3. The van der Waals surface area contributed by atoms with Crippen molar-refractivity contribution < 1.29 is 0 Å². The molecule has 0 spiro atoms. The average molecular weight is 224 g/mol. The zero-order valence-electron chi connectivity index (χ0n) is 9.57. The topological polar surface area (TPSA) is 29.3 Å². The molecule has 0 saturated heterocycles. The Balaban J connectivity index is 2.48. The van der Waals surface area contributed by atoms with Crippen LogP contribution >= 0.6 is 11.8 Å². The van der Waals surface area contributed by atoms with Gasteiger partial charge in [-0.15, -0.1) is 0 Å². The van der Waals surface area contributed by atoms with E-state index < -0.39 is 0 Å². The van der Waals surface area contributed by atoms with Gasteiger partial charge in [0.2, 0.25) is 0 Å². The van der Waals surface area contributed by atoms with Crippen LogP contribution in [0.15, 0.2) is 24.3 Å². The molecule has 0 aliphatic heterocycles. The number of hydrogen-bond donors (Lipinski definition) is 1. The van der Waals surface area contributed by atoms with E-state index in [9.17, 15) is 0 Å². The summed E-state index contributed by atoms with van der Waals surface area (Å²) in [5, 5.41) is 0. The molecule has 0 unspecified atom stereocenters. The third-order valence-electron chi connectivity index (χ3n) is 2.36. The van der Waals surface area contributed by atoms with Crippen molar-refractivity contribution in [1.29, 1.82) is 0 Å². The molecule has 0 saturated carbocycles. The highest BCUT2D eigenvalue weighted by molar-refractivity contribution is 7.98. The van der Waals surface area contributed by atoms with Gasteiger partial charge in [-0.05, 0) is 24.4 Å². The number of thioether (sulfide) groups is 1. The van der Waals surface area contributed by atoms with E-state index >= 15 is 0 Å². The van der Waals surface area contributed by atoms with Crippen LogP contribution in [0.2, 0.25) is 0 Å². The molecule has 0 radical (unpaired) electrons. The first-order chi connectivity index (χ1) is 7.26. The molecule has 0 bridgehead atoms. The van der Waals surface area contributed by atoms with Gasteiger partial charge in [0, 0.05) is 25.4 Å². The Bertz CT molecular complexity index is 289. The Morgan fingerprint density at radius 2 is 2.07 bits per heavy atom. The maximum absolute atomic E-state index is 5.61. The highest BCUT2D eigenvalue weighted by atomic mass is 32.2. The van der Waals surface area contributed by atoms with E-state index in [0.29, 0.717) is 6.54 Å². The lowest BCUT2D eigenvalue weighted by atomic mass is 10.1. The molecule has 84 valence electrons. The van der Waals surface area contributed by atoms with Gasteiger partial charge in [0.05, 0.1) is 0 Å². The summed E-state index contributed by atoms with van der Waals surface area (Å²) in [6.45, 7) is 2.77. The summed E-state index contributed by atoms with van der Waals surface area (Å²) >= 11 is 1.89. The summed E-state index contributed by atoms with van der Waals surface area (Å²) in [6, 6.07) is 8.51. The lowest BCUT2D eigenvalue weighted by Gasteiger charge is -2.16. The zero-order chi connectivity index (χ0) is 11.1. The molecular formula is C12H20N2S. The van der Waals surface area contributed by atoms with Crippen LogP contribution in [0.3, 0.4) is 0 Å². The quantitative estimate of drug-likeness (QED) is 0.801. The van der Waals surface area contributed by atoms with Crippen molar-refractivity contribution in [3.63, 3.8) is 0 Å². The van der Waals surface area contributed by atoms with Crippen molar-refractivity contribution in [2.45, 2.75) is 13.1 Å². The Morgan fingerprint density at radius 1 is 1.33 bits per heavy atom. The number of nitrogens with zero attached hydrogens (tertiary/aromatic N) is 1. The monoisotopic (exact) mass is 224 g/mol. The first kappa shape index (κ1) is 12.6. The van der Waals surface area contributed by atoms with Gasteiger partial charge in [0.25, 0.3) is 0 Å². The van der Waals surface area contributed by atoms with Gasteiger partial charge in [-0.25, -0.2) is 0 Å². The molecule has 2 nitrogen and oxygen atoms in total. The summed E-state index contributed by atoms with van der Waals surface area (Å²) in [7, 11) is 2.16. The van der Waals surface area contributed by atoms with Crippen molar-refractivity contribution in [1.82, 2.24) is 4.90 Å². The Kier molecular flexibility index (Phi) is 5.76. The van der Waals surface area contributed by atoms with Crippen molar-refractivity contribution in [2.24, 2.45) is 5.73 Å². The summed E-state index contributed by atoms with van der Waals surface area (Å²) in [5.41, 5.74) is 8.18. The fourth-order valence-corrected chi connectivity index (χ4v) is 1.99. The Morgan fingerprint density at radius 3 is 2.73 bits per heavy atom. The van der Waals surface area contributed by atoms with Crippen LogP contribution in [0.1, 0.15) is 11.1 Å². The van der Waals surface area contributed by atoms with Crippen LogP contribution in [-0.4, -0.2) is 30.5 Å². The number of rotatable bonds is 6. The molecule has 1 aromatic rings. The predicted molar refractivity (Wildman–Crippen MR) is 69.0 cm³/mol. The lowest BCUT2D eigenvalue weighted by molar-refractivity contribution is 0.348. The zero-order valence-corrected chi connectivity index (χ0v) is 10.4. The Labute approximate surface area is 96.8 Å². The van der Waals surface area contributed by atoms with Gasteiger partial charge in [-0.3, -0.25) is 0 Å². The first-order valence-electron chi connectivity index (χ1n) is 5.21. The summed E-state index contributed by atoms with van der Waals surface area (Å²) in [6.07, 6.45) is 2.14. The second kappa shape index (κ2) is 6.88. The predicted octanol–water partition coefficient (Wildman–Crippen LogP) is 1.94. The van der Waals surface area contributed by atoms with Gasteiger partial charge < -0.3 is 10.6 Å². The molecule has 2 N–H and O–H groups in total. The molecule has 0 fully saturated rings. The maximum Gasteiger partial charge on any atom is 0.0231 e. The highest BCUT2D eigenvalue weighted by Gasteiger charge is 2.00. The van der Waals surface area contributed by atoms with E-state index in [0.717, 1.165) is 13.1 Å². The lowest BCUT2D eigenvalue weighted by Crippen LogP contribution is -2.20. The first-order valence-corrected chi connectivity index (χ1v) is 6.61. The summed E-state index contributed by atoms with van der Waals surface area (Å²) in [5.74, 6) is 1.19. The maximum atomic E-state index is 5.61. The van der Waals surface area contributed by atoms with Gasteiger partial charge in [-0.2, -0.15) is 11.8 Å². The normalized spacial score (nSPS) is 10.9. The van der Waals surface area contributed by atoms with Crippen molar-refractivity contribution in [3.05, 3.63) is 35.4 Å². The van der Waals surface area contributed by atoms with Crippen molar-refractivity contribution in [2.75, 3.05) is 25.6 Å². The second-order valence-electron chi connectivity index (χ2n) is 3.75. The van der Waals surface area contributed by atoms with E-state index in [1.54, 1.807) is 0 Å². The standard InChI is InChI=1S/C12H20N2S/c1-14(6-7-15-2)10-12-5-3-4-11(8-12)9-13/h3-5,8H,6-7,9-10,13H2,1-2H3. The minimum Gasteiger partial charge on any atom is -0.326 e. The van der Waals surface area contributed by atoms with Crippen LogP contribution in [0.5, 0.6) is 0 Å². The molecule has 1 aromatic carbocycles. The minimum atomic E-state index is 0.627. The third kappa shape index (κ3) is 4.69. The number of nitrogens with two attached hydrogens (primary N) is 1. The van der Waals surface area contributed by atoms with E-state index in [4.69, 9.17) is 5.73 Å². The smallest absolute Gasteiger partial charge is 0.0231 e. The summed E-state index contributed by atoms with van der Waals surface area (Å²) < 4.78 is 0. The SMILES string of the molecule is CSCCN(C)Cc1cccc(CN)c1. The molecule has 0 heterocycles. The summed E-state index contributed by atoms with van der Waals surface area (Å²) in [4.78, 5) is 2.34.